The van der Waals surface area contributed by atoms with Crippen LogP contribution >= 0.6 is 15.9 Å². The van der Waals surface area contributed by atoms with Gasteiger partial charge in [0.2, 0.25) is 0 Å². The van der Waals surface area contributed by atoms with E-state index in [-0.39, 0.29) is 17.3 Å². The molecule has 0 aliphatic carbocycles. The second-order valence-electron chi connectivity index (χ2n) is 5.02. The number of carboxylic acids is 1. The fourth-order valence-corrected chi connectivity index (χ4v) is 2.55. The third-order valence-corrected chi connectivity index (χ3v) is 3.67. The highest BCUT2D eigenvalue weighted by Gasteiger charge is 2.24. The summed E-state index contributed by atoms with van der Waals surface area (Å²) in [6.45, 7) is 3.93. The zero-order valence-corrected chi connectivity index (χ0v) is 13.0. The van der Waals surface area contributed by atoms with Crippen LogP contribution in [-0.4, -0.2) is 20.9 Å². The second-order valence-corrected chi connectivity index (χ2v) is 5.81. The van der Waals surface area contributed by atoms with E-state index in [0.29, 0.717) is 22.7 Å². The topological polar surface area (TPSA) is 55.1 Å². The first-order valence-electron chi connectivity index (χ1n) is 6.27. The van der Waals surface area contributed by atoms with E-state index in [4.69, 9.17) is 0 Å². The summed E-state index contributed by atoms with van der Waals surface area (Å²) in [5, 5.41) is 13.5. The summed E-state index contributed by atoms with van der Waals surface area (Å²) >= 11 is 3.21. The Morgan fingerprint density at radius 3 is 2.62 bits per heavy atom. The minimum absolute atomic E-state index is 0.107. The molecule has 0 saturated heterocycles. The van der Waals surface area contributed by atoms with Gasteiger partial charge in [0.05, 0.1) is 10.2 Å². The predicted molar refractivity (Wildman–Crippen MR) is 76.7 cm³/mol. The van der Waals surface area contributed by atoms with Crippen LogP contribution in [0.15, 0.2) is 22.7 Å². The van der Waals surface area contributed by atoms with Crippen molar-refractivity contribution in [2.24, 2.45) is 5.92 Å². The van der Waals surface area contributed by atoms with Crippen molar-refractivity contribution in [3.63, 3.8) is 0 Å². The molecule has 4 nitrogen and oxygen atoms in total. The number of aromatic nitrogens is 2. The Morgan fingerprint density at radius 1 is 1.43 bits per heavy atom. The lowest BCUT2D eigenvalue weighted by atomic mass is 10.1. The van der Waals surface area contributed by atoms with Crippen LogP contribution in [0.3, 0.4) is 0 Å². The summed E-state index contributed by atoms with van der Waals surface area (Å²) in [6, 6.07) is 2.91. The highest BCUT2D eigenvalue weighted by molar-refractivity contribution is 9.10. The van der Waals surface area contributed by atoms with Gasteiger partial charge < -0.3 is 5.11 Å². The van der Waals surface area contributed by atoms with Gasteiger partial charge in [-0.05, 0) is 40.4 Å². The van der Waals surface area contributed by atoms with Gasteiger partial charge in [-0.15, -0.1) is 0 Å². The van der Waals surface area contributed by atoms with Crippen molar-refractivity contribution in [3.8, 4) is 5.69 Å². The molecule has 0 amide bonds. The molecule has 0 fully saturated rings. The average molecular weight is 359 g/mol. The van der Waals surface area contributed by atoms with Crippen LogP contribution in [0, 0.1) is 17.6 Å². The second kappa shape index (κ2) is 5.93. The van der Waals surface area contributed by atoms with Crippen LogP contribution in [0.2, 0.25) is 0 Å². The summed E-state index contributed by atoms with van der Waals surface area (Å²) in [6.07, 6.45) is 0.538. The first-order valence-corrected chi connectivity index (χ1v) is 7.06. The van der Waals surface area contributed by atoms with Crippen LogP contribution < -0.4 is 0 Å². The van der Waals surface area contributed by atoms with Crippen LogP contribution in [0.4, 0.5) is 8.78 Å². The van der Waals surface area contributed by atoms with Gasteiger partial charge in [0.25, 0.3) is 0 Å². The van der Waals surface area contributed by atoms with Gasteiger partial charge in [0, 0.05) is 6.07 Å². The minimum Gasteiger partial charge on any atom is -0.476 e. The summed E-state index contributed by atoms with van der Waals surface area (Å²) in [5.74, 6) is -2.59. The molecular weight excluding hydrogens is 346 g/mol. The summed E-state index contributed by atoms with van der Waals surface area (Å²) < 4.78 is 28.2. The maximum absolute atomic E-state index is 13.9. The molecule has 1 aromatic heterocycles. The normalized spacial score (nSPS) is 11.1. The molecule has 0 spiro atoms. The Morgan fingerprint density at radius 2 is 2.10 bits per heavy atom. The smallest absolute Gasteiger partial charge is 0.355 e. The van der Waals surface area contributed by atoms with E-state index in [2.05, 4.69) is 21.0 Å². The Labute approximate surface area is 128 Å². The molecule has 0 aliphatic heterocycles. The van der Waals surface area contributed by atoms with Gasteiger partial charge in [-0.1, -0.05) is 13.8 Å². The third-order valence-electron chi connectivity index (χ3n) is 2.84. The Kier molecular flexibility index (Phi) is 4.41. The van der Waals surface area contributed by atoms with Crippen molar-refractivity contribution in [2.75, 3.05) is 0 Å². The number of hydrogen-bond donors (Lipinski definition) is 1. The number of halogens is 3. The molecule has 0 radical (unpaired) electrons. The third kappa shape index (κ3) is 3.12. The fourth-order valence-electron chi connectivity index (χ4n) is 1.97. The van der Waals surface area contributed by atoms with Gasteiger partial charge in [0.1, 0.15) is 11.5 Å². The highest BCUT2D eigenvalue weighted by Crippen LogP contribution is 2.27. The number of hydrogen-bond acceptors (Lipinski definition) is 2. The van der Waals surface area contributed by atoms with Gasteiger partial charge >= 0.3 is 5.97 Å². The standard InChI is InChI=1S/C14H13BrF2N2O2/c1-7(2)5-10-12(15)13(14(20)21)19(18-10)11-4-3-8(16)6-9(11)17/h3-4,6-7H,5H2,1-2H3,(H,20,21). The van der Waals surface area contributed by atoms with Crippen molar-refractivity contribution in [1.82, 2.24) is 9.78 Å². The van der Waals surface area contributed by atoms with Crippen molar-refractivity contribution >= 4 is 21.9 Å². The van der Waals surface area contributed by atoms with Crippen LogP contribution in [0.1, 0.15) is 30.0 Å². The average Bonchev–Trinajstić information content (AvgIpc) is 2.65. The van der Waals surface area contributed by atoms with Crippen molar-refractivity contribution in [1.29, 1.82) is 0 Å². The van der Waals surface area contributed by atoms with E-state index in [1.807, 2.05) is 13.8 Å². The number of carboxylic acid groups (broad SMARTS) is 1. The molecule has 2 rings (SSSR count). The van der Waals surface area contributed by atoms with E-state index in [9.17, 15) is 18.7 Å². The van der Waals surface area contributed by atoms with E-state index in [1.165, 1.54) is 0 Å². The molecule has 1 heterocycles. The number of rotatable bonds is 4. The fraction of sp³-hybridized carbons (Fsp3) is 0.286. The largest absolute Gasteiger partial charge is 0.476 e. The van der Waals surface area contributed by atoms with Crippen molar-refractivity contribution in [2.45, 2.75) is 20.3 Å². The molecule has 1 aromatic carbocycles. The van der Waals surface area contributed by atoms with Gasteiger partial charge in [-0.25, -0.2) is 18.3 Å². The molecule has 7 heteroatoms. The number of benzene rings is 1. The summed E-state index contributed by atoms with van der Waals surface area (Å²) in [5.41, 5.74) is 0.229. The van der Waals surface area contributed by atoms with E-state index in [0.717, 1.165) is 16.8 Å². The van der Waals surface area contributed by atoms with Gasteiger partial charge in [0.15, 0.2) is 11.5 Å². The lowest BCUT2D eigenvalue weighted by Gasteiger charge is -2.06. The molecule has 1 N–H and O–H groups in total. The molecule has 2 aromatic rings. The highest BCUT2D eigenvalue weighted by atomic mass is 79.9. The maximum atomic E-state index is 13.9. The molecule has 0 aliphatic rings. The monoisotopic (exact) mass is 358 g/mol. The Hall–Kier alpha value is -1.76. The summed E-state index contributed by atoms with van der Waals surface area (Å²) in [7, 11) is 0. The van der Waals surface area contributed by atoms with Crippen molar-refractivity contribution < 1.29 is 18.7 Å². The zero-order valence-electron chi connectivity index (χ0n) is 11.4. The molecule has 0 saturated carbocycles. The number of aromatic carboxylic acids is 1. The van der Waals surface area contributed by atoms with E-state index >= 15 is 0 Å². The first-order chi connectivity index (χ1) is 9.81. The summed E-state index contributed by atoms with van der Waals surface area (Å²) in [4.78, 5) is 11.4. The Balaban J connectivity index is 2.64. The molecule has 112 valence electrons. The van der Waals surface area contributed by atoms with Crippen molar-refractivity contribution in [3.05, 3.63) is 45.7 Å². The zero-order chi connectivity index (χ0) is 15.7. The van der Waals surface area contributed by atoms with E-state index in [1.54, 1.807) is 0 Å². The maximum Gasteiger partial charge on any atom is 0.355 e. The number of carbonyl (C=O) groups is 1. The quantitative estimate of drug-likeness (QED) is 0.903. The SMILES string of the molecule is CC(C)Cc1nn(-c2ccc(F)cc2F)c(C(=O)O)c1Br. The number of nitrogens with zero attached hydrogens (tertiary/aromatic N) is 2. The molecule has 0 atom stereocenters. The molecule has 0 bridgehead atoms. The first kappa shape index (κ1) is 15.6. The Bertz CT molecular complexity index is 699. The molecule has 0 unspecified atom stereocenters. The predicted octanol–water partition coefficient (Wildman–Crippen LogP) is 3.81. The van der Waals surface area contributed by atoms with E-state index < -0.39 is 17.6 Å². The lowest BCUT2D eigenvalue weighted by Crippen LogP contribution is -2.10. The molecule has 21 heavy (non-hydrogen) atoms. The van der Waals surface area contributed by atoms with Crippen LogP contribution in [0.25, 0.3) is 5.69 Å². The van der Waals surface area contributed by atoms with Crippen LogP contribution in [-0.2, 0) is 6.42 Å². The van der Waals surface area contributed by atoms with Gasteiger partial charge in [-0.2, -0.15) is 5.10 Å². The van der Waals surface area contributed by atoms with Gasteiger partial charge in [-0.3, -0.25) is 0 Å². The molecular formula is C14H13BrF2N2O2. The van der Waals surface area contributed by atoms with Crippen LogP contribution in [0.5, 0.6) is 0 Å². The lowest BCUT2D eigenvalue weighted by molar-refractivity contribution is 0.0686. The minimum atomic E-state index is -1.24.